The fourth-order valence-corrected chi connectivity index (χ4v) is 2.48. The van der Waals surface area contributed by atoms with Gasteiger partial charge in [-0.25, -0.2) is 4.79 Å². The molecule has 2 rings (SSSR count). The van der Waals surface area contributed by atoms with Gasteiger partial charge in [0.1, 0.15) is 11.9 Å². The van der Waals surface area contributed by atoms with E-state index in [-0.39, 0.29) is 12.1 Å². The minimum Gasteiger partial charge on any atom is -0.486 e. The molecule has 0 aliphatic rings. The third kappa shape index (κ3) is 4.85. The zero-order chi connectivity index (χ0) is 16.8. The highest BCUT2D eigenvalue weighted by Gasteiger charge is 2.10. The number of carbonyl (C=O) groups excluding carboxylic acids is 1. The first-order valence-corrected chi connectivity index (χ1v) is 7.93. The highest BCUT2D eigenvalue weighted by Crippen LogP contribution is 2.23. The van der Waals surface area contributed by atoms with Gasteiger partial charge in [0.2, 0.25) is 0 Å². The van der Waals surface area contributed by atoms with E-state index in [2.05, 4.69) is 38.1 Å². The van der Waals surface area contributed by atoms with Crippen LogP contribution in [0.2, 0.25) is 0 Å². The van der Waals surface area contributed by atoms with Crippen LogP contribution in [0.25, 0.3) is 0 Å². The molecule has 0 amide bonds. The van der Waals surface area contributed by atoms with E-state index < -0.39 is 0 Å². The van der Waals surface area contributed by atoms with Crippen LogP contribution in [0.3, 0.4) is 0 Å². The Labute approximate surface area is 138 Å². The van der Waals surface area contributed by atoms with E-state index in [1.165, 1.54) is 12.7 Å². The highest BCUT2D eigenvalue weighted by atomic mass is 16.5. The molecule has 1 atom stereocenters. The van der Waals surface area contributed by atoms with Crippen LogP contribution in [0.5, 0.6) is 5.75 Å². The Morgan fingerprint density at radius 3 is 2.35 bits per heavy atom. The molecule has 0 heterocycles. The largest absolute Gasteiger partial charge is 0.486 e. The van der Waals surface area contributed by atoms with Gasteiger partial charge in [0, 0.05) is 0 Å². The van der Waals surface area contributed by atoms with Crippen molar-refractivity contribution >= 4 is 5.97 Å². The summed E-state index contributed by atoms with van der Waals surface area (Å²) in [5, 5.41) is 0. The minimum absolute atomic E-state index is 0.0870. The number of methoxy groups -OCH3 is 1. The SMILES string of the molecule is COC(=O)c1cccc(OC(C)c2ccc(CC(C)C)cc2)c1. The lowest BCUT2D eigenvalue weighted by Crippen LogP contribution is -2.05. The molecule has 0 saturated heterocycles. The Kier molecular flexibility index (Phi) is 5.80. The molecule has 0 N–H and O–H groups in total. The number of rotatable bonds is 6. The Balaban J connectivity index is 2.06. The molecule has 0 saturated carbocycles. The summed E-state index contributed by atoms with van der Waals surface area (Å²) in [6.07, 6.45) is 0.993. The first-order chi connectivity index (χ1) is 11.0. The summed E-state index contributed by atoms with van der Waals surface area (Å²) in [6, 6.07) is 15.6. The minimum atomic E-state index is -0.360. The molecule has 0 radical (unpaired) electrons. The topological polar surface area (TPSA) is 35.5 Å². The molecule has 0 spiro atoms. The van der Waals surface area contributed by atoms with Crippen molar-refractivity contribution < 1.29 is 14.3 Å². The Hall–Kier alpha value is -2.29. The fourth-order valence-electron chi connectivity index (χ4n) is 2.48. The molecule has 0 aliphatic carbocycles. The molecule has 2 aromatic rings. The van der Waals surface area contributed by atoms with Crippen molar-refractivity contribution in [3.63, 3.8) is 0 Å². The summed E-state index contributed by atoms with van der Waals surface area (Å²) < 4.78 is 10.7. The van der Waals surface area contributed by atoms with Crippen molar-refractivity contribution in [3.8, 4) is 5.75 Å². The molecule has 23 heavy (non-hydrogen) atoms. The van der Waals surface area contributed by atoms with Crippen molar-refractivity contribution in [1.29, 1.82) is 0 Å². The summed E-state index contributed by atoms with van der Waals surface area (Å²) in [7, 11) is 1.37. The van der Waals surface area contributed by atoms with Crippen LogP contribution in [0.15, 0.2) is 48.5 Å². The third-order valence-corrected chi connectivity index (χ3v) is 3.66. The maximum Gasteiger partial charge on any atom is 0.337 e. The predicted octanol–water partition coefficient (Wildman–Crippen LogP) is 4.81. The van der Waals surface area contributed by atoms with Crippen LogP contribution >= 0.6 is 0 Å². The van der Waals surface area contributed by atoms with Crippen molar-refractivity contribution in [2.45, 2.75) is 33.3 Å². The second kappa shape index (κ2) is 7.82. The van der Waals surface area contributed by atoms with E-state index in [4.69, 9.17) is 9.47 Å². The quantitative estimate of drug-likeness (QED) is 0.718. The number of hydrogen-bond acceptors (Lipinski definition) is 3. The lowest BCUT2D eigenvalue weighted by Gasteiger charge is -2.16. The Bertz CT molecular complexity index is 644. The molecular formula is C20H24O3. The second-order valence-corrected chi connectivity index (χ2v) is 6.12. The second-order valence-electron chi connectivity index (χ2n) is 6.12. The average molecular weight is 312 g/mol. The average Bonchev–Trinajstić information content (AvgIpc) is 2.54. The molecular weight excluding hydrogens is 288 g/mol. The van der Waals surface area contributed by atoms with Gasteiger partial charge in [-0.1, -0.05) is 44.2 Å². The van der Waals surface area contributed by atoms with Crippen LogP contribution < -0.4 is 4.74 Å². The van der Waals surface area contributed by atoms with E-state index >= 15 is 0 Å². The summed E-state index contributed by atoms with van der Waals surface area (Å²) in [4.78, 5) is 11.6. The van der Waals surface area contributed by atoms with E-state index in [9.17, 15) is 4.79 Å². The van der Waals surface area contributed by atoms with E-state index in [0.29, 0.717) is 17.2 Å². The lowest BCUT2D eigenvalue weighted by molar-refractivity contribution is 0.0600. The van der Waals surface area contributed by atoms with E-state index in [1.54, 1.807) is 18.2 Å². The third-order valence-electron chi connectivity index (χ3n) is 3.66. The summed E-state index contributed by atoms with van der Waals surface area (Å²) in [6.45, 7) is 6.43. The number of ether oxygens (including phenoxy) is 2. The normalized spacial score (nSPS) is 12.0. The molecule has 0 aliphatic heterocycles. The molecule has 0 fully saturated rings. The zero-order valence-electron chi connectivity index (χ0n) is 14.2. The smallest absolute Gasteiger partial charge is 0.337 e. The molecule has 0 bridgehead atoms. The van der Waals surface area contributed by atoms with Crippen LogP contribution in [0.4, 0.5) is 0 Å². The van der Waals surface area contributed by atoms with Crippen LogP contribution in [-0.2, 0) is 11.2 Å². The van der Waals surface area contributed by atoms with Crippen LogP contribution in [-0.4, -0.2) is 13.1 Å². The Morgan fingerprint density at radius 1 is 1.04 bits per heavy atom. The summed E-state index contributed by atoms with van der Waals surface area (Å²) >= 11 is 0. The van der Waals surface area contributed by atoms with Gasteiger partial charge in [0.25, 0.3) is 0 Å². The summed E-state index contributed by atoms with van der Waals surface area (Å²) in [5.41, 5.74) is 2.94. The number of carbonyl (C=O) groups is 1. The molecule has 2 aromatic carbocycles. The van der Waals surface area contributed by atoms with Crippen molar-refractivity contribution in [2.24, 2.45) is 5.92 Å². The van der Waals surface area contributed by atoms with Gasteiger partial charge in [-0.15, -0.1) is 0 Å². The van der Waals surface area contributed by atoms with Gasteiger partial charge in [-0.3, -0.25) is 0 Å². The molecule has 122 valence electrons. The van der Waals surface area contributed by atoms with Gasteiger partial charge in [-0.05, 0) is 48.6 Å². The molecule has 3 heteroatoms. The van der Waals surface area contributed by atoms with Crippen LogP contribution in [0, 0.1) is 5.92 Å². The monoisotopic (exact) mass is 312 g/mol. The lowest BCUT2D eigenvalue weighted by atomic mass is 10.0. The van der Waals surface area contributed by atoms with Gasteiger partial charge in [0.05, 0.1) is 12.7 Å². The standard InChI is InChI=1S/C20H24O3/c1-14(2)12-16-8-10-17(11-9-16)15(3)23-19-7-5-6-18(13-19)20(21)22-4/h5-11,13-15H,12H2,1-4H3. The van der Waals surface area contributed by atoms with E-state index in [1.807, 2.05) is 13.0 Å². The first-order valence-electron chi connectivity index (χ1n) is 7.93. The number of esters is 1. The summed E-state index contributed by atoms with van der Waals surface area (Å²) in [5.74, 6) is 0.948. The molecule has 0 aromatic heterocycles. The number of hydrogen-bond donors (Lipinski definition) is 0. The van der Waals surface area contributed by atoms with Gasteiger partial charge in [-0.2, -0.15) is 0 Å². The highest BCUT2D eigenvalue weighted by molar-refractivity contribution is 5.89. The van der Waals surface area contributed by atoms with Crippen LogP contribution in [0.1, 0.15) is 48.4 Å². The molecule has 1 unspecified atom stereocenters. The van der Waals surface area contributed by atoms with Crippen molar-refractivity contribution in [3.05, 3.63) is 65.2 Å². The van der Waals surface area contributed by atoms with Gasteiger partial charge < -0.3 is 9.47 Å². The zero-order valence-corrected chi connectivity index (χ0v) is 14.2. The van der Waals surface area contributed by atoms with Gasteiger partial charge >= 0.3 is 5.97 Å². The maximum absolute atomic E-state index is 11.6. The number of benzene rings is 2. The van der Waals surface area contributed by atoms with Gasteiger partial charge in [0.15, 0.2) is 0 Å². The first kappa shape index (κ1) is 17.1. The Morgan fingerprint density at radius 2 is 1.74 bits per heavy atom. The molecule has 3 nitrogen and oxygen atoms in total. The van der Waals surface area contributed by atoms with Crippen molar-refractivity contribution in [2.75, 3.05) is 7.11 Å². The fraction of sp³-hybridized carbons (Fsp3) is 0.350. The van der Waals surface area contributed by atoms with E-state index in [0.717, 1.165) is 12.0 Å². The maximum atomic E-state index is 11.6. The van der Waals surface area contributed by atoms with Crippen molar-refractivity contribution in [1.82, 2.24) is 0 Å². The predicted molar refractivity (Wildman–Crippen MR) is 91.8 cm³/mol.